The fourth-order valence-electron chi connectivity index (χ4n) is 2.34. The Bertz CT molecular complexity index is 495. The normalized spacial score (nSPS) is 20.6. The van der Waals surface area contributed by atoms with Gasteiger partial charge in [0.2, 0.25) is 5.89 Å². The molecule has 0 bridgehead atoms. The molecular formula is C14H24N4O3. The fraction of sp³-hybridized carbons (Fsp3) is 0.786. The Morgan fingerprint density at radius 1 is 1.57 bits per heavy atom. The van der Waals surface area contributed by atoms with E-state index in [0.717, 1.165) is 12.8 Å². The highest BCUT2D eigenvalue weighted by Crippen LogP contribution is 2.22. The molecule has 2 heterocycles. The van der Waals surface area contributed by atoms with Crippen molar-refractivity contribution in [1.29, 1.82) is 0 Å². The van der Waals surface area contributed by atoms with Crippen LogP contribution in [-0.2, 0) is 5.41 Å². The van der Waals surface area contributed by atoms with Crippen molar-refractivity contribution >= 4 is 6.03 Å². The van der Waals surface area contributed by atoms with Crippen molar-refractivity contribution in [3.05, 3.63) is 11.7 Å². The van der Waals surface area contributed by atoms with Crippen LogP contribution in [0, 0.1) is 0 Å². The first-order chi connectivity index (χ1) is 9.82. The van der Waals surface area contributed by atoms with Gasteiger partial charge in [0.15, 0.2) is 5.82 Å². The predicted molar refractivity (Wildman–Crippen MR) is 76.8 cm³/mol. The van der Waals surface area contributed by atoms with Crippen LogP contribution in [0.4, 0.5) is 4.79 Å². The van der Waals surface area contributed by atoms with Crippen LogP contribution in [0.2, 0.25) is 0 Å². The molecule has 0 aromatic carbocycles. The number of likely N-dealkylation sites (tertiary alicyclic amines) is 1. The third kappa shape index (κ3) is 3.53. The lowest BCUT2D eigenvalue weighted by Gasteiger charge is -2.24. The molecule has 0 radical (unpaired) electrons. The second-order valence-electron chi connectivity index (χ2n) is 6.55. The molecule has 2 amide bonds. The Morgan fingerprint density at radius 2 is 2.29 bits per heavy atom. The van der Waals surface area contributed by atoms with E-state index in [1.807, 2.05) is 27.7 Å². The summed E-state index contributed by atoms with van der Waals surface area (Å²) in [6, 6.07) is -0.652. The third-order valence-electron chi connectivity index (χ3n) is 3.67. The molecule has 1 aromatic rings. The minimum atomic E-state index is -0.360. The summed E-state index contributed by atoms with van der Waals surface area (Å²) in [4.78, 5) is 18.2. The molecule has 0 aliphatic carbocycles. The Balaban J connectivity index is 1.99. The molecule has 7 heteroatoms. The zero-order valence-electron chi connectivity index (χ0n) is 13.1. The van der Waals surface area contributed by atoms with Gasteiger partial charge in [-0.2, -0.15) is 4.98 Å². The molecule has 1 aromatic heterocycles. The molecule has 1 fully saturated rings. The maximum Gasteiger partial charge on any atom is 0.318 e. The lowest BCUT2D eigenvalue weighted by molar-refractivity contribution is 0.153. The molecule has 0 spiro atoms. The van der Waals surface area contributed by atoms with Crippen molar-refractivity contribution in [1.82, 2.24) is 20.4 Å². The maximum atomic E-state index is 12.2. The van der Waals surface area contributed by atoms with Gasteiger partial charge in [0, 0.05) is 12.0 Å². The number of nitrogens with zero attached hydrogens (tertiary/aromatic N) is 3. The number of carbonyl (C=O) groups is 1. The number of aliphatic hydroxyl groups is 1. The average Bonchev–Trinajstić information content (AvgIpc) is 3.06. The lowest BCUT2D eigenvalue weighted by atomic mass is 9.96. The van der Waals surface area contributed by atoms with Crippen molar-refractivity contribution in [2.24, 2.45) is 0 Å². The predicted octanol–water partition coefficient (Wildman–Crippen LogP) is 1.59. The van der Waals surface area contributed by atoms with E-state index in [9.17, 15) is 9.90 Å². The van der Waals surface area contributed by atoms with Crippen LogP contribution in [0.3, 0.4) is 0 Å². The van der Waals surface area contributed by atoms with Crippen LogP contribution in [0.15, 0.2) is 4.52 Å². The van der Waals surface area contributed by atoms with Gasteiger partial charge in [0.05, 0.1) is 12.6 Å². The van der Waals surface area contributed by atoms with E-state index in [0.29, 0.717) is 18.3 Å². The minimum Gasteiger partial charge on any atom is -0.394 e. The quantitative estimate of drug-likeness (QED) is 0.884. The largest absolute Gasteiger partial charge is 0.394 e. The van der Waals surface area contributed by atoms with E-state index in [-0.39, 0.29) is 30.1 Å². The van der Waals surface area contributed by atoms with E-state index in [1.54, 1.807) is 4.90 Å². The highest BCUT2D eigenvalue weighted by atomic mass is 16.5. The van der Waals surface area contributed by atoms with Crippen molar-refractivity contribution in [2.75, 3.05) is 13.2 Å². The molecule has 7 nitrogen and oxygen atoms in total. The lowest BCUT2D eigenvalue weighted by Crippen LogP contribution is -2.45. The van der Waals surface area contributed by atoms with E-state index in [1.165, 1.54) is 0 Å². The number of amides is 2. The summed E-state index contributed by atoms with van der Waals surface area (Å²) in [5, 5.41) is 16.1. The highest BCUT2D eigenvalue weighted by molar-refractivity contribution is 5.75. The zero-order chi connectivity index (χ0) is 15.6. The topological polar surface area (TPSA) is 91.5 Å². The maximum absolute atomic E-state index is 12.2. The number of rotatable bonds is 3. The number of hydrogen-bond donors (Lipinski definition) is 2. The Hall–Kier alpha value is -1.63. The molecule has 1 aliphatic heterocycles. The van der Waals surface area contributed by atoms with Crippen LogP contribution in [0.1, 0.15) is 58.3 Å². The Kier molecular flexibility index (Phi) is 4.51. The monoisotopic (exact) mass is 296 g/mol. The molecule has 2 rings (SSSR count). The number of carbonyl (C=O) groups excluding carboxylic acids is 1. The third-order valence-corrected chi connectivity index (χ3v) is 3.67. The summed E-state index contributed by atoms with van der Waals surface area (Å²) < 4.78 is 5.23. The van der Waals surface area contributed by atoms with Gasteiger partial charge in [0.25, 0.3) is 0 Å². The van der Waals surface area contributed by atoms with Crippen LogP contribution in [-0.4, -0.2) is 45.4 Å². The van der Waals surface area contributed by atoms with E-state index in [4.69, 9.17) is 4.52 Å². The van der Waals surface area contributed by atoms with Gasteiger partial charge in [-0.1, -0.05) is 25.9 Å². The molecule has 2 N–H and O–H groups in total. The zero-order valence-corrected chi connectivity index (χ0v) is 13.1. The van der Waals surface area contributed by atoms with E-state index < -0.39 is 0 Å². The van der Waals surface area contributed by atoms with Gasteiger partial charge in [-0.3, -0.25) is 0 Å². The Morgan fingerprint density at radius 3 is 2.86 bits per heavy atom. The van der Waals surface area contributed by atoms with Crippen LogP contribution < -0.4 is 5.32 Å². The van der Waals surface area contributed by atoms with Gasteiger partial charge in [0.1, 0.15) is 6.04 Å². The first-order valence-corrected chi connectivity index (χ1v) is 7.35. The molecule has 21 heavy (non-hydrogen) atoms. The van der Waals surface area contributed by atoms with Gasteiger partial charge >= 0.3 is 6.03 Å². The van der Waals surface area contributed by atoms with Gasteiger partial charge in [-0.15, -0.1) is 0 Å². The number of urea groups is 1. The molecule has 2 atom stereocenters. The van der Waals surface area contributed by atoms with E-state index in [2.05, 4.69) is 15.5 Å². The molecular weight excluding hydrogens is 272 g/mol. The average molecular weight is 296 g/mol. The summed E-state index contributed by atoms with van der Waals surface area (Å²) in [6.07, 6.45) is 1.76. The summed E-state index contributed by atoms with van der Waals surface area (Å²) in [5.41, 5.74) is -0.192. The highest BCUT2D eigenvalue weighted by Gasteiger charge is 2.30. The smallest absolute Gasteiger partial charge is 0.318 e. The number of hydrogen-bond acceptors (Lipinski definition) is 5. The number of nitrogens with one attached hydrogen (secondary N) is 1. The first-order valence-electron chi connectivity index (χ1n) is 7.35. The first kappa shape index (κ1) is 15.8. The van der Waals surface area contributed by atoms with Crippen LogP contribution in [0.25, 0.3) is 0 Å². The molecule has 118 valence electrons. The molecule has 0 saturated carbocycles. The van der Waals surface area contributed by atoms with Crippen molar-refractivity contribution < 1.29 is 14.4 Å². The van der Waals surface area contributed by atoms with Crippen molar-refractivity contribution in [3.63, 3.8) is 0 Å². The second kappa shape index (κ2) is 6.01. The van der Waals surface area contributed by atoms with Gasteiger partial charge < -0.3 is 19.8 Å². The summed E-state index contributed by atoms with van der Waals surface area (Å²) >= 11 is 0. The number of aromatic nitrogens is 2. The molecule has 1 unspecified atom stereocenters. The fourth-order valence-corrected chi connectivity index (χ4v) is 2.34. The summed E-state index contributed by atoms with van der Waals surface area (Å²) in [7, 11) is 0. The molecule has 1 saturated heterocycles. The van der Waals surface area contributed by atoms with Gasteiger partial charge in [-0.25, -0.2) is 4.79 Å². The van der Waals surface area contributed by atoms with E-state index >= 15 is 0 Å². The van der Waals surface area contributed by atoms with Crippen LogP contribution >= 0.6 is 0 Å². The summed E-state index contributed by atoms with van der Waals surface area (Å²) in [5.74, 6) is 1.01. The van der Waals surface area contributed by atoms with Crippen molar-refractivity contribution in [3.8, 4) is 0 Å². The summed E-state index contributed by atoms with van der Waals surface area (Å²) in [6.45, 7) is 8.47. The van der Waals surface area contributed by atoms with Gasteiger partial charge in [-0.05, 0) is 19.8 Å². The number of aliphatic hydroxyl groups excluding tert-OH is 1. The molecule has 1 aliphatic rings. The van der Waals surface area contributed by atoms with Crippen molar-refractivity contribution in [2.45, 2.75) is 58.0 Å². The van der Waals surface area contributed by atoms with Crippen LogP contribution in [0.5, 0.6) is 0 Å². The standard InChI is InChI=1S/C14H24N4O3/c1-9(11-16-12(17-21-11)14(2,3)4)15-13(20)18-7-5-6-10(18)8-19/h9-10,19H,5-8H2,1-4H3,(H,15,20)/t9?,10-/m0/s1. The SMILES string of the molecule is CC(NC(=O)N1CCC[C@H]1CO)c1nc(C(C)(C)C)no1. The second-order valence-corrected chi connectivity index (χ2v) is 6.55. The Labute approximate surface area is 124 Å². The minimum absolute atomic E-state index is 0.00344.